The number of hydrogen-bond donors (Lipinski definition) is 2. The summed E-state index contributed by atoms with van der Waals surface area (Å²) < 4.78 is 27.3. The Kier molecular flexibility index (Phi) is 5.50. The van der Waals surface area contributed by atoms with E-state index in [0.717, 1.165) is 23.8 Å². The van der Waals surface area contributed by atoms with Gasteiger partial charge in [0.25, 0.3) is 0 Å². The van der Waals surface area contributed by atoms with E-state index < -0.39 is 11.6 Å². The molecule has 0 aliphatic carbocycles. The predicted octanol–water partition coefficient (Wildman–Crippen LogP) is 4.42. The molecule has 0 fully saturated rings. The third-order valence-corrected chi connectivity index (χ3v) is 4.20. The van der Waals surface area contributed by atoms with Crippen LogP contribution in [-0.4, -0.2) is 11.5 Å². The van der Waals surface area contributed by atoms with Crippen LogP contribution < -0.4 is 10.6 Å². The van der Waals surface area contributed by atoms with Gasteiger partial charge in [0, 0.05) is 22.4 Å². The van der Waals surface area contributed by atoms with Crippen molar-refractivity contribution in [2.24, 2.45) is 0 Å². The maximum absolute atomic E-state index is 13.7. The maximum atomic E-state index is 13.7. The molecule has 2 aromatic rings. The zero-order valence-electron chi connectivity index (χ0n) is 12.2. The van der Waals surface area contributed by atoms with Gasteiger partial charge in [0.2, 0.25) is 0 Å². The number of nitrogens with zero attached hydrogens (tertiary/aromatic N) is 1. The molecule has 2 rings (SSSR count). The summed E-state index contributed by atoms with van der Waals surface area (Å²) in [4.78, 5) is 6.36. The number of aromatic nitrogens is 1. The van der Waals surface area contributed by atoms with Crippen LogP contribution in [0.5, 0.6) is 0 Å². The lowest BCUT2D eigenvalue weighted by molar-refractivity contribution is 0.578. The van der Waals surface area contributed by atoms with Crippen LogP contribution in [0, 0.1) is 11.6 Å². The number of anilines is 2. The number of thiophene rings is 1. The smallest absolute Gasteiger partial charge is 0.168 e. The second-order valence-corrected chi connectivity index (χ2v) is 5.90. The Bertz CT molecular complexity index is 599. The molecule has 114 valence electrons. The maximum Gasteiger partial charge on any atom is 0.168 e. The molecular formula is C15H19F2N3S. The highest BCUT2D eigenvalue weighted by atomic mass is 32.1. The molecule has 3 nitrogen and oxygen atoms in total. The SMILES string of the molecule is CCCNc1nc(NCc2ccc(CC)s2)c(F)cc1F. The van der Waals surface area contributed by atoms with Crippen LogP contribution >= 0.6 is 11.3 Å². The average Bonchev–Trinajstić information content (AvgIpc) is 2.93. The van der Waals surface area contributed by atoms with Crippen LogP contribution in [-0.2, 0) is 13.0 Å². The quantitative estimate of drug-likeness (QED) is 0.795. The fourth-order valence-electron chi connectivity index (χ4n) is 1.84. The van der Waals surface area contributed by atoms with Gasteiger partial charge >= 0.3 is 0 Å². The van der Waals surface area contributed by atoms with E-state index in [1.54, 1.807) is 11.3 Å². The molecule has 2 N–H and O–H groups in total. The molecule has 2 heterocycles. The van der Waals surface area contributed by atoms with Gasteiger partial charge in [-0.25, -0.2) is 13.8 Å². The van der Waals surface area contributed by atoms with Crippen molar-refractivity contribution in [2.75, 3.05) is 17.2 Å². The normalized spacial score (nSPS) is 10.7. The van der Waals surface area contributed by atoms with Crippen molar-refractivity contribution in [2.45, 2.75) is 33.2 Å². The molecule has 0 bridgehead atoms. The highest BCUT2D eigenvalue weighted by Crippen LogP contribution is 2.22. The number of aryl methyl sites for hydroxylation is 1. The van der Waals surface area contributed by atoms with Gasteiger partial charge in [-0.15, -0.1) is 11.3 Å². The van der Waals surface area contributed by atoms with Crippen molar-refractivity contribution < 1.29 is 8.78 Å². The van der Waals surface area contributed by atoms with Gasteiger partial charge in [-0.1, -0.05) is 13.8 Å². The van der Waals surface area contributed by atoms with E-state index >= 15 is 0 Å². The summed E-state index contributed by atoms with van der Waals surface area (Å²) in [5.41, 5.74) is 0. The minimum atomic E-state index is -0.679. The minimum Gasteiger partial charge on any atom is -0.368 e. The second-order valence-electron chi connectivity index (χ2n) is 4.65. The zero-order chi connectivity index (χ0) is 15.2. The van der Waals surface area contributed by atoms with Gasteiger partial charge in [0.15, 0.2) is 23.3 Å². The van der Waals surface area contributed by atoms with Gasteiger partial charge in [-0.05, 0) is 25.0 Å². The minimum absolute atomic E-state index is 0.0708. The van der Waals surface area contributed by atoms with Crippen LogP contribution in [0.15, 0.2) is 18.2 Å². The van der Waals surface area contributed by atoms with Gasteiger partial charge in [-0.3, -0.25) is 0 Å². The zero-order valence-corrected chi connectivity index (χ0v) is 13.0. The fraction of sp³-hybridized carbons (Fsp3) is 0.400. The third-order valence-electron chi connectivity index (χ3n) is 2.97. The summed E-state index contributed by atoms with van der Waals surface area (Å²) in [6, 6.07) is 4.93. The molecule has 0 atom stereocenters. The first kappa shape index (κ1) is 15.7. The highest BCUT2D eigenvalue weighted by molar-refractivity contribution is 7.12. The second kappa shape index (κ2) is 7.36. The van der Waals surface area contributed by atoms with E-state index in [-0.39, 0.29) is 11.6 Å². The summed E-state index contributed by atoms with van der Waals surface area (Å²) in [6.07, 6.45) is 1.83. The molecule has 21 heavy (non-hydrogen) atoms. The standard InChI is InChI=1S/C15H19F2N3S/c1-3-7-18-14-12(16)8-13(17)15(20-14)19-9-11-6-5-10(4-2)21-11/h5-6,8H,3-4,7,9H2,1-2H3,(H2,18,19,20). The van der Waals surface area contributed by atoms with Crippen LogP contribution in [0.4, 0.5) is 20.4 Å². The Morgan fingerprint density at radius 2 is 1.71 bits per heavy atom. The Morgan fingerprint density at radius 3 is 2.33 bits per heavy atom. The summed E-state index contributed by atoms with van der Waals surface area (Å²) in [6.45, 7) is 5.14. The van der Waals surface area contributed by atoms with E-state index in [9.17, 15) is 8.78 Å². The first-order chi connectivity index (χ1) is 10.1. The molecule has 0 unspecified atom stereocenters. The highest BCUT2D eigenvalue weighted by Gasteiger charge is 2.11. The van der Waals surface area contributed by atoms with Crippen LogP contribution in [0.1, 0.15) is 30.0 Å². The Hall–Kier alpha value is -1.69. The van der Waals surface area contributed by atoms with Crippen molar-refractivity contribution in [3.05, 3.63) is 39.6 Å². The topological polar surface area (TPSA) is 37.0 Å². The number of pyridine rings is 1. The van der Waals surface area contributed by atoms with Crippen molar-refractivity contribution in [3.8, 4) is 0 Å². The van der Waals surface area contributed by atoms with Crippen molar-refractivity contribution in [3.63, 3.8) is 0 Å². The lowest BCUT2D eigenvalue weighted by Crippen LogP contribution is -2.09. The molecule has 0 saturated heterocycles. The van der Waals surface area contributed by atoms with E-state index in [2.05, 4.69) is 28.6 Å². The lowest BCUT2D eigenvalue weighted by Gasteiger charge is -2.10. The van der Waals surface area contributed by atoms with Gasteiger partial charge in [0.1, 0.15) is 0 Å². The number of hydrogen-bond acceptors (Lipinski definition) is 4. The number of rotatable bonds is 7. The van der Waals surface area contributed by atoms with E-state index in [1.165, 1.54) is 4.88 Å². The van der Waals surface area contributed by atoms with E-state index in [0.29, 0.717) is 13.1 Å². The predicted molar refractivity (Wildman–Crippen MR) is 84.0 cm³/mol. The Labute approximate surface area is 127 Å². The van der Waals surface area contributed by atoms with Crippen LogP contribution in [0.25, 0.3) is 0 Å². The number of halogens is 2. The van der Waals surface area contributed by atoms with Gasteiger partial charge < -0.3 is 10.6 Å². The van der Waals surface area contributed by atoms with Gasteiger partial charge in [0.05, 0.1) is 6.54 Å². The molecule has 0 saturated carbocycles. The van der Waals surface area contributed by atoms with Crippen LogP contribution in [0.2, 0.25) is 0 Å². The van der Waals surface area contributed by atoms with Crippen molar-refractivity contribution in [1.29, 1.82) is 0 Å². The first-order valence-electron chi connectivity index (χ1n) is 7.05. The molecule has 0 radical (unpaired) electrons. The van der Waals surface area contributed by atoms with Gasteiger partial charge in [-0.2, -0.15) is 0 Å². The van der Waals surface area contributed by atoms with Crippen LogP contribution in [0.3, 0.4) is 0 Å². The molecule has 0 spiro atoms. The Balaban J connectivity index is 2.07. The molecule has 0 aliphatic rings. The van der Waals surface area contributed by atoms with E-state index in [1.807, 2.05) is 13.0 Å². The fourth-order valence-corrected chi connectivity index (χ4v) is 2.73. The molecule has 0 aromatic carbocycles. The Morgan fingerprint density at radius 1 is 1.05 bits per heavy atom. The number of nitrogens with one attached hydrogen (secondary N) is 2. The lowest BCUT2D eigenvalue weighted by atomic mass is 10.3. The summed E-state index contributed by atoms with van der Waals surface area (Å²) >= 11 is 1.68. The summed E-state index contributed by atoms with van der Waals surface area (Å²) in [5.74, 6) is -1.19. The van der Waals surface area contributed by atoms with E-state index in [4.69, 9.17) is 0 Å². The molecule has 0 aliphatic heterocycles. The third kappa shape index (κ3) is 4.14. The average molecular weight is 311 g/mol. The molecule has 2 aromatic heterocycles. The first-order valence-corrected chi connectivity index (χ1v) is 7.87. The van der Waals surface area contributed by atoms with Crippen molar-refractivity contribution >= 4 is 23.0 Å². The monoisotopic (exact) mass is 311 g/mol. The molecule has 6 heteroatoms. The summed E-state index contributed by atoms with van der Waals surface area (Å²) in [5, 5.41) is 5.78. The molecular weight excluding hydrogens is 292 g/mol. The molecule has 0 amide bonds. The largest absolute Gasteiger partial charge is 0.368 e. The summed E-state index contributed by atoms with van der Waals surface area (Å²) in [7, 11) is 0. The van der Waals surface area contributed by atoms with Crippen molar-refractivity contribution in [1.82, 2.24) is 4.98 Å².